The van der Waals surface area contributed by atoms with E-state index < -0.39 is 17.3 Å². The molecule has 0 aliphatic heterocycles. The van der Waals surface area contributed by atoms with Gasteiger partial charge in [0.1, 0.15) is 22.8 Å². The first-order valence-corrected chi connectivity index (χ1v) is 8.43. The summed E-state index contributed by atoms with van der Waals surface area (Å²) in [5.74, 6) is -1.05. The van der Waals surface area contributed by atoms with Crippen molar-refractivity contribution >= 4 is 23.3 Å². The molecule has 0 atom stereocenters. The number of amides is 1. The highest BCUT2D eigenvalue weighted by Gasteiger charge is 2.44. The summed E-state index contributed by atoms with van der Waals surface area (Å²) in [6.07, 6.45) is 2.76. The first kappa shape index (κ1) is 18.0. The largest absolute Gasteiger partial charge is 0.332 e. The lowest BCUT2D eigenvalue weighted by molar-refractivity contribution is -0.117. The van der Waals surface area contributed by atoms with Gasteiger partial charge in [0.05, 0.1) is 6.07 Å². The Hall–Kier alpha value is -2.78. The van der Waals surface area contributed by atoms with Crippen molar-refractivity contribution < 1.29 is 14.0 Å². The molecule has 1 heterocycles. The van der Waals surface area contributed by atoms with Gasteiger partial charge in [-0.2, -0.15) is 5.26 Å². The van der Waals surface area contributed by atoms with E-state index in [1.54, 1.807) is 6.07 Å². The molecule has 1 aromatic carbocycles. The number of hydrogen-bond acceptors (Lipinski definition) is 4. The second kappa shape index (κ2) is 7.22. The van der Waals surface area contributed by atoms with E-state index in [0.29, 0.717) is 29.0 Å². The standard InChI is InChI=1S/C19H15ClFN3O2/c20-16-2-1-14(21)9-13(16)10-15(25)7-12-3-6-23-17(8-12)18(26)24-19(11-22)4-5-19/h1-3,6,8-9H,4-5,7,10H2,(H,24,26). The van der Waals surface area contributed by atoms with E-state index in [4.69, 9.17) is 16.9 Å². The topological polar surface area (TPSA) is 82.9 Å². The molecule has 132 valence electrons. The van der Waals surface area contributed by atoms with Crippen LogP contribution in [0.3, 0.4) is 0 Å². The van der Waals surface area contributed by atoms with Crippen molar-refractivity contribution in [3.8, 4) is 6.07 Å². The van der Waals surface area contributed by atoms with Crippen molar-refractivity contribution in [1.29, 1.82) is 5.26 Å². The highest BCUT2D eigenvalue weighted by atomic mass is 35.5. The third-order valence-corrected chi connectivity index (χ3v) is 4.54. The summed E-state index contributed by atoms with van der Waals surface area (Å²) in [5.41, 5.74) is 0.414. The molecule has 1 fully saturated rings. The third kappa shape index (κ3) is 4.24. The lowest BCUT2D eigenvalue weighted by Gasteiger charge is -2.09. The fraction of sp³-hybridized carbons (Fsp3) is 0.263. The number of benzene rings is 1. The minimum absolute atomic E-state index is 0.00199. The average Bonchev–Trinajstić information content (AvgIpc) is 3.38. The molecule has 26 heavy (non-hydrogen) atoms. The predicted octanol–water partition coefficient (Wildman–Crippen LogP) is 3.01. The number of halogens is 2. The van der Waals surface area contributed by atoms with E-state index in [2.05, 4.69) is 16.4 Å². The smallest absolute Gasteiger partial charge is 0.271 e. The normalized spacial score (nSPS) is 14.3. The fourth-order valence-electron chi connectivity index (χ4n) is 2.56. The van der Waals surface area contributed by atoms with Crippen LogP contribution in [0.1, 0.15) is 34.5 Å². The van der Waals surface area contributed by atoms with Crippen LogP contribution in [0.5, 0.6) is 0 Å². The summed E-state index contributed by atoms with van der Waals surface area (Å²) < 4.78 is 13.3. The molecular weight excluding hydrogens is 357 g/mol. The summed E-state index contributed by atoms with van der Waals surface area (Å²) in [6.45, 7) is 0. The fourth-order valence-corrected chi connectivity index (χ4v) is 2.75. The van der Waals surface area contributed by atoms with E-state index in [-0.39, 0.29) is 24.3 Å². The van der Waals surface area contributed by atoms with Gasteiger partial charge in [-0.25, -0.2) is 4.39 Å². The molecule has 7 heteroatoms. The molecule has 1 aliphatic carbocycles. The van der Waals surface area contributed by atoms with Crippen molar-refractivity contribution in [2.75, 3.05) is 0 Å². The zero-order chi connectivity index (χ0) is 18.7. The summed E-state index contributed by atoms with van der Waals surface area (Å²) in [5, 5.41) is 12.0. The molecule has 1 saturated carbocycles. The third-order valence-electron chi connectivity index (χ3n) is 4.17. The zero-order valence-electron chi connectivity index (χ0n) is 13.8. The van der Waals surface area contributed by atoms with Gasteiger partial charge in [0, 0.05) is 24.1 Å². The average molecular weight is 372 g/mol. The summed E-state index contributed by atoms with van der Waals surface area (Å²) in [6, 6.07) is 9.13. The van der Waals surface area contributed by atoms with Gasteiger partial charge in [-0.3, -0.25) is 14.6 Å². The Morgan fingerprint density at radius 1 is 1.27 bits per heavy atom. The number of nitrogens with one attached hydrogen (secondary N) is 1. The first-order valence-electron chi connectivity index (χ1n) is 8.05. The van der Waals surface area contributed by atoms with E-state index >= 15 is 0 Å². The molecule has 0 radical (unpaired) electrons. The minimum Gasteiger partial charge on any atom is -0.332 e. The zero-order valence-corrected chi connectivity index (χ0v) is 14.5. The van der Waals surface area contributed by atoms with Crippen molar-refractivity contribution in [3.05, 3.63) is 64.2 Å². The number of Topliss-reactive ketones (excluding diaryl/α,β-unsaturated/α-hetero) is 1. The van der Waals surface area contributed by atoms with Gasteiger partial charge < -0.3 is 5.32 Å². The maximum atomic E-state index is 13.3. The van der Waals surface area contributed by atoms with Crippen LogP contribution in [-0.2, 0) is 17.6 Å². The van der Waals surface area contributed by atoms with Crippen LogP contribution in [0.25, 0.3) is 0 Å². The SMILES string of the molecule is N#CC1(NC(=O)c2cc(CC(=O)Cc3cc(F)ccc3Cl)ccn2)CC1. The summed E-state index contributed by atoms with van der Waals surface area (Å²) in [7, 11) is 0. The quantitative estimate of drug-likeness (QED) is 0.846. The van der Waals surface area contributed by atoms with Gasteiger partial charge in [0.25, 0.3) is 5.91 Å². The van der Waals surface area contributed by atoms with E-state index in [9.17, 15) is 14.0 Å². The molecule has 2 aromatic rings. The van der Waals surface area contributed by atoms with Crippen LogP contribution < -0.4 is 5.32 Å². The van der Waals surface area contributed by atoms with Crippen LogP contribution in [-0.4, -0.2) is 22.2 Å². The molecule has 0 bridgehead atoms. The number of nitriles is 1. The highest BCUT2D eigenvalue weighted by molar-refractivity contribution is 6.31. The number of carbonyl (C=O) groups is 2. The molecule has 3 rings (SSSR count). The molecule has 1 amide bonds. The molecule has 1 aliphatic rings. The Balaban J connectivity index is 1.66. The Kier molecular flexibility index (Phi) is 5.01. The lowest BCUT2D eigenvalue weighted by atomic mass is 10.0. The Bertz CT molecular complexity index is 919. The van der Waals surface area contributed by atoms with E-state index in [1.165, 1.54) is 30.5 Å². The van der Waals surface area contributed by atoms with Gasteiger partial charge >= 0.3 is 0 Å². The Labute approximate surface area is 154 Å². The molecule has 1 aromatic heterocycles. The lowest BCUT2D eigenvalue weighted by Crippen LogP contribution is -2.36. The molecule has 0 unspecified atom stereocenters. The number of pyridine rings is 1. The van der Waals surface area contributed by atoms with Crippen LogP contribution >= 0.6 is 11.6 Å². The molecule has 1 N–H and O–H groups in total. The molecule has 0 spiro atoms. The van der Waals surface area contributed by atoms with Crippen molar-refractivity contribution in [3.63, 3.8) is 0 Å². The maximum absolute atomic E-state index is 13.3. The van der Waals surface area contributed by atoms with Crippen LogP contribution in [0, 0.1) is 17.1 Å². The predicted molar refractivity (Wildman–Crippen MR) is 93.1 cm³/mol. The Morgan fingerprint density at radius 2 is 2.04 bits per heavy atom. The van der Waals surface area contributed by atoms with Crippen molar-refractivity contribution in [1.82, 2.24) is 10.3 Å². The second-order valence-corrected chi connectivity index (χ2v) is 6.73. The van der Waals surface area contributed by atoms with Gasteiger partial charge in [0.2, 0.25) is 0 Å². The number of hydrogen-bond donors (Lipinski definition) is 1. The molecule has 5 nitrogen and oxygen atoms in total. The monoisotopic (exact) mass is 371 g/mol. The van der Waals surface area contributed by atoms with Crippen LogP contribution in [0.4, 0.5) is 4.39 Å². The number of rotatable bonds is 6. The second-order valence-electron chi connectivity index (χ2n) is 6.33. The number of nitrogens with zero attached hydrogens (tertiary/aromatic N) is 2. The Morgan fingerprint density at radius 3 is 2.73 bits per heavy atom. The number of carbonyl (C=O) groups excluding carboxylic acids is 2. The summed E-state index contributed by atoms with van der Waals surface area (Å²) in [4.78, 5) is 28.5. The van der Waals surface area contributed by atoms with E-state index in [0.717, 1.165) is 0 Å². The van der Waals surface area contributed by atoms with Crippen molar-refractivity contribution in [2.24, 2.45) is 0 Å². The maximum Gasteiger partial charge on any atom is 0.271 e. The van der Waals surface area contributed by atoms with Crippen LogP contribution in [0.2, 0.25) is 5.02 Å². The van der Waals surface area contributed by atoms with E-state index in [1.807, 2.05) is 0 Å². The van der Waals surface area contributed by atoms with Gasteiger partial charge in [-0.1, -0.05) is 11.6 Å². The summed E-state index contributed by atoms with van der Waals surface area (Å²) >= 11 is 5.98. The van der Waals surface area contributed by atoms with Crippen LogP contribution in [0.15, 0.2) is 36.5 Å². The van der Waals surface area contributed by atoms with Gasteiger partial charge in [0.15, 0.2) is 0 Å². The molecular formula is C19H15ClFN3O2. The first-order chi connectivity index (χ1) is 12.4. The number of aromatic nitrogens is 1. The van der Waals surface area contributed by atoms with Gasteiger partial charge in [-0.15, -0.1) is 0 Å². The van der Waals surface area contributed by atoms with Crippen molar-refractivity contribution in [2.45, 2.75) is 31.2 Å². The highest BCUT2D eigenvalue weighted by Crippen LogP contribution is 2.34. The molecule has 0 saturated heterocycles. The minimum atomic E-state index is -0.779. The number of ketones is 1. The van der Waals surface area contributed by atoms with Gasteiger partial charge in [-0.05, 0) is 54.3 Å².